The zero-order valence-electron chi connectivity index (χ0n) is 5.84. The molecule has 0 spiro atoms. The Bertz CT molecular complexity index is 244. The lowest BCUT2D eigenvalue weighted by Crippen LogP contribution is -1.84. The minimum Gasteiger partial charge on any atom is -0.365 e. The SMILES string of the molecule is CNc1ncc(C(C)=O)s1. The van der Waals surface area contributed by atoms with Gasteiger partial charge < -0.3 is 5.32 Å². The molecule has 0 aromatic carbocycles. The van der Waals surface area contributed by atoms with Crippen LogP contribution in [0.15, 0.2) is 6.20 Å². The van der Waals surface area contributed by atoms with Gasteiger partial charge in [-0.15, -0.1) is 0 Å². The van der Waals surface area contributed by atoms with Gasteiger partial charge in [0.25, 0.3) is 0 Å². The Morgan fingerprint density at radius 1 is 1.80 bits per heavy atom. The topological polar surface area (TPSA) is 42.0 Å². The van der Waals surface area contributed by atoms with Crippen LogP contribution in [0.1, 0.15) is 16.6 Å². The number of carbonyl (C=O) groups excluding carboxylic acids is 1. The van der Waals surface area contributed by atoms with Gasteiger partial charge in [-0.25, -0.2) is 4.98 Å². The number of rotatable bonds is 2. The normalized spacial score (nSPS) is 9.40. The quantitative estimate of drug-likeness (QED) is 0.658. The molecular formula is C6H8N2OS. The van der Waals surface area contributed by atoms with E-state index in [9.17, 15) is 4.79 Å². The van der Waals surface area contributed by atoms with Crippen LogP contribution in [0.3, 0.4) is 0 Å². The summed E-state index contributed by atoms with van der Waals surface area (Å²) in [6.07, 6.45) is 1.58. The van der Waals surface area contributed by atoms with Crippen molar-refractivity contribution in [3.05, 3.63) is 11.1 Å². The average Bonchev–Trinajstić information content (AvgIpc) is 2.34. The van der Waals surface area contributed by atoms with Crippen LogP contribution >= 0.6 is 11.3 Å². The first-order chi connectivity index (χ1) is 4.74. The van der Waals surface area contributed by atoms with Crippen molar-refractivity contribution in [2.45, 2.75) is 6.92 Å². The van der Waals surface area contributed by atoms with Crippen LogP contribution in [0.2, 0.25) is 0 Å². The minimum atomic E-state index is 0.0685. The van der Waals surface area contributed by atoms with Crippen molar-refractivity contribution in [1.82, 2.24) is 4.98 Å². The van der Waals surface area contributed by atoms with Crippen LogP contribution in [0.4, 0.5) is 5.13 Å². The molecule has 0 atom stereocenters. The van der Waals surface area contributed by atoms with Crippen molar-refractivity contribution in [2.24, 2.45) is 0 Å². The second kappa shape index (κ2) is 2.79. The molecular weight excluding hydrogens is 148 g/mol. The molecule has 0 bridgehead atoms. The van der Waals surface area contributed by atoms with Gasteiger partial charge in [-0.2, -0.15) is 0 Å². The lowest BCUT2D eigenvalue weighted by molar-refractivity contribution is 0.102. The van der Waals surface area contributed by atoms with Crippen molar-refractivity contribution in [3.8, 4) is 0 Å². The van der Waals surface area contributed by atoms with Gasteiger partial charge in [0.05, 0.1) is 11.1 Å². The van der Waals surface area contributed by atoms with Crippen molar-refractivity contribution >= 4 is 22.3 Å². The van der Waals surface area contributed by atoms with E-state index in [0.29, 0.717) is 4.88 Å². The van der Waals surface area contributed by atoms with E-state index < -0.39 is 0 Å². The second-order valence-electron chi connectivity index (χ2n) is 1.84. The molecule has 0 aliphatic rings. The summed E-state index contributed by atoms with van der Waals surface area (Å²) >= 11 is 1.37. The first-order valence-corrected chi connectivity index (χ1v) is 3.70. The summed E-state index contributed by atoms with van der Waals surface area (Å²) in [5.41, 5.74) is 0. The zero-order valence-corrected chi connectivity index (χ0v) is 6.66. The molecule has 1 heterocycles. The summed E-state index contributed by atoms with van der Waals surface area (Å²) in [6, 6.07) is 0. The van der Waals surface area contributed by atoms with E-state index in [1.165, 1.54) is 18.3 Å². The lowest BCUT2D eigenvalue weighted by Gasteiger charge is -1.85. The third kappa shape index (κ3) is 1.33. The van der Waals surface area contributed by atoms with E-state index in [0.717, 1.165) is 5.13 Å². The van der Waals surface area contributed by atoms with E-state index >= 15 is 0 Å². The van der Waals surface area contributed by atoms with Gasteiger partial charge in [-0.05, 0) is 0 Å². The molecule has 54 valence electrons. The summed E-state index contributed by atoms with van der Waals surface area (Å²) in [6.45, 7) is 1.53. The third-order valence-corrected chi connectivity index (χ3v) is 2.18. The third-order valence-electron chi connectivity index (χ3n) is 1.07. The van der Waals surface area contributed by atoms with E-state index in [-0.39, 0.29) is 5.78 Å². The fourth-order valence-corrected chi connectivity index (χ4v) is 1.22. The molecule has 1 rings (SSSR count). The Balaban J connectivity index is 2.88. The molecule has 0 radical (unpaired) electrons. The van der Waals surface area contributed by atoms with Gasteiger partial charge in [0.15, 0.2) is 10.9 Å². The Morgan fingerprint density at radius 2 is 2.50 bits per heavy atom. The fourth-order valence-electron chi connectivity index (χ4n) is 0.552. The maximum atomic E-state index is 10.7. The number of nitrogens with zero attached hydrogens (tertiary/aromatic N) is 1. The zero-order chi connectivity index (χ0) is 7.56. The fraction of sp³-hybridized carbons (Fsp3) is 0.333. The number of Topliss-reactive ketones (excluding diaryl/α,β-unsaturated/α-hetero) is 1. The first-order valence-electron chi connectivity index (χ1n) is 2.88. The number of nitrogens with one attached hydrogen (secondary N) is 1. The minimum absolute atomic E-state index is 0.0685. The highest BCUT2D eigenvalue weighted by molar-refractivity contribution is 7.17. The summed E-state index contributed by atoms with van der Waals surface area (Å²) in [5.74, 6) is 0.0685. The van der Waals surface area contributed by atoms with E-state index in [4.69, 9.17) is 0 Å². The molecule has 10 heavy (non-hydrogen) atoms. The summed E-state index contributed by atoms with van der Waals surface area (Å²) in [4.78, 5) is 15.4. The number of anilines is 1. The van der Waals surface area contributed by atoms with Gasteiger partial charge in [0.1, 0.15) is 0 Å². The molecule has 1 N–H and O–H groups in total. The first kappa shape index (κ1) is 7.21. The molecule has 1 aromatic rings. The Hall–Kier alpha value is -0.900. The standard InChI is InChI=1S/C6H8N2OS/c1-4(9)5-3-8-6(7-2)10-5/h3H,1-2H3,(H,7,8). The average molecular weight is 156 g/mol. The predicted octanol–water partition coefficient (Wildman–Crippen LogP) is 1.39. The van der Waals surface area contributed by atoms with Crippen LogP contribution in [0.25, 0.3) is 0 Å². The maximum absolute atomic E-state index is 10.7. The molecule has 0 fully saturated rings. The number of hydrogen-bond acceptors (Lipinski definition) is 4. The summed E-state index contributed by atoms with van der Waals surface area (Å²) in [5, 5.41) is 3.64. The summed E-state index contributed by atoms with van der Waals surface area (Å²) < 4.78 is 0. The van der Waals surface area contributed by atoms with Crippen LogP contribution in [0.5, 0.6) is 0 Å². The lowest BCUT2D eigenvalue weighted by atomic mass is 10.4. The second-order valence-corrected chi connectivity index (χ2v) is 2.87. The van der Waals surface area contributed by atoms with Gasteiger partial charge in [0.2, 0.25) is 0 Å². The van der Waals surface area contributed by atoms with E-state index in [2.05, 4.69) is 10.3 Å². The number of hydrogen-bond donors (Lipinski definition) is 1. The molecule has 3 nitrogen and oxygen atoms in total. The van der Waals surface area contributed by atoms with E-state index in [1.807, 2.05) is 0 Å². The maximum Gasteiger partial charge on any atom is 0.183 e. The van der Waals surface area contributed by atoms with Gasteiger partial charge in [-0.1, -0.05) is 11.3 Å². The number of ketones is 1. The number of carbonyl (C=O) groups is 1. The Morgan fingerprint density at radius 3 is 2.80 bits per heavy atom. The van der Waals surface area contributed by atoms with Crippen LogP contribution < -0.4 is 5.32 Å². The smallest absolute Gasteiger partial charge is 0.183 e. The van der Waals surface area contributed by atoms with Crippen LogP contribution in [-0.4, -0.2) is 17.8 Å². The van der Waals surface area contributed by atoms with Crippen molar-refractivity contribution in [1.29, 1.82) is 0 Å². The number of aromatic nitrogens is 1. The monoisotopic (exact) mass is 156 g/mol. The van der Waals surface area contributed by atoms with Crippen molar-refractivity contribution in [3.63, 3.8) is 0 Å². The molecule has 0 aliphatic carbocycles. The number of thiazole rings is 1. The molecule has 0 unspecified atom stereocenters. The largest absolute Gasteiger partial charge is 0.365 e. The highest BCUT2D eigenvalue weighted by Gasteiger charge is 2.02. The van der Waals surface area contributed by atoms with Gasteiger partial charge in [0, 0.05) is 14.0 Å². The molecule has 0 saturated carbocycles. The van der Waals surface area contributed by atoms with Crippen LogP contribution in [0, 0.1) is 0 Å². The van der Waals surface area contributed by atoms with E-state index in [1.54, 1.807) is 13.2 Å². The van der Waals surface area contributed by atoms with Crippen molar-refractivity contribution < 1.29 is 4.79 Å². The highest BCUT2D eigenvalue weighted by Crippen LogP contribution is 2.16. The Kier molecular flexibility index (Phi) is 2.01. The van der Waals surface area contributed by atoms with Crippen LogP contribution in [-0.2, 0) is 0 Å². The molecule has 0 amide bonds. The van der Waals surface area contributed by atoms with Crippen molar-refractivity contribution in [2.75, 3.05) is 12.4 Å². The predicted molar refractivity (Wildman–Crippen MR) is 41.7 cm³/mol. The molecule has 0 aliphatic heterocycles. The molecule has 4 heteroatoms. The van der Waals surface area contributed by atoms with Gasteiger partial charge >= 0.3 is 0 Å². The molecule has 0 saturated heterocycles. The summed E-state index contributed by atoms with van der Waals surface area (Å²) in [7, 11) is 1.78. The molecule has 1 aromatic heterocycles. The van der Waals surface area contributed by atoms with Gasteiger partial charge in [-0.3, -0.25) is 4.79 Å². The highest BCUT2D eigenvalue weighted by atomic mass is 32.1. The Labute approximate surface area is 63.1 Å².